The Morgan fingerprint density at radius 3 is 2.84 bits per heavy atom. The van der Waals surface area contributed by atoms with Crippen LogP contribution in [0.5, 0.6) is 0 Å². The minimum Gasteiger partial charge on any atom is -0.472 e. The molecule has 1 spiro atoms. The molecule has 2 aliphatic heterocycles. The number of carbonyl (C=O) groups is 1. The number of furan rings is 1. The molecule has 0 saturated carbocycles. The normalized spacial score (nSPS) is 25.9. The van der Waals surface area contributed by atoms with E-state index in [4.69, 9.17) is 9.15 Å². The quantitative estimate of drug-likeness (QED) is 0.824. The maximum absolute atomic E-state index is 12.2. The topological polar surface area (TPSA) is 42.7 Å². The maximum atomic E-state index is 12.2. The molecule has 19 heavy (non-hydrogen) atoms. The number of piperidine rings is 1. The smallest absolute Gasteiger partial charge is 0.257 e. The van der Waals surface area contributed by atoms with E-state index in [0.717, 1.165) is 39.0 Å². The lowest BCUT2D eigenvalue weighted by atomic mass is 9.84. The van der Waals surface area contributed by atoms with E-state index in [-0.39, 0.29) is 11.5 Å². The van der Waals surface area contributed by atoms with Gasteiger partial charge in [-0.25, -0.2) is 0 Å². The standard InChI is InChI=1S/C15H21NO3/c1-2-12-9-15(19-10-12)4-6-16(7-5-15)14(17)13-3-8-18-11-13/h3,8,11-12H,2,4-7,9-10H2,1H3/t12-/m0/s1. The summed E-state index contributed by atoms with van der Waals surface area (Å²) in [5.41, 5.74) is 0.697. The maximum Gasteiger partial charge on any atom is 0.257 e. The summed E-state index contributed by atoms with van der Waals surface area (Å²) in [5, 5.41) is 0. The molecule has 3 heterocycles. The van der Waals surface area contributed by atoms with Gasteiger partial charge in [-0.2, -0.15) is 0 Å². The van der Waals surface area contributed by atoms with E-state index in [1.807, 2.05) is 4.90 Å². The van der Waals surface area contributed by atoms with Gasteiger partial charge < -0.3 is 14.1 Å². The van der Waals surface area contributed by atoms with Gasteiger partial charge in [-0.3, -0.25) is 4.79 Å². The van der Waals surface area contributed by atoms with E-state index in [1.54, 1.807) is 12.3 Å². The number of nitrogens with zero attached hydrogens (tertiary/aromatic N) is 1. The summed E-state index contributed by atoms with van der Waals surface area (Å²) in [6.45, 7) is 4.71. The van der Waals surface area contributed by atoms with Crippen LogP contribution in [-0.2, 0) is 4.74 Å². The number of likely N-dealkylation sites (tertiary alicyclic amines) is 1. The summed E-state index contributed by atoms with van der Waals surface area (Å²) in [4.78, 5) is 14.1. The van der Waals surface area contributed by atoms with Crippen LogP contribution in [0.2, 0.25) is 0 Å². The molecule has 3 rings (SSSR count). The van der Waals surface area contributed by atoms with Crippen LogP contribution in [0.1, 0.15) is 43.0 Å². The van der Waals surface area contributed by atoms with Crippen molar-refractivity contribution in [2.45, 2.75) is 38.2 Å². The second kappa shape index (κ2) is 5.00. The first-order chi connectivity index (χ1) is 9.22. The van der Waals surface area contributed by atoms with Crippen molar-refractivity contribution in [1.29, 1.82) is 0 Å². The molecule has 1 aromatic heterocycles. The van der Waals surface area contributed by atoms with Gasteiger partial charge in [0.1, 0.15) is 6.26 Å². The largest absolute Gasteiger partial charge is 0.472 e. The molecule has 0 aliphatic carbocycles. The summed E-state index contributed by atoms with van der Waals surface area (Å²) in [7, 11) is 0. The summed E-state index contributed by atoms with van der Waals surface area (Å²) in [5.74, 6) is 0.782. The Hall–Kier alpha value is -1.29. The van der Waals surface area contributed by atoms with Crippen LogP contribution < -0.4 is 0 Å². The van der Waals surface area contributed by atoms with Crippen molar-refractivity contribution in [2.24, 2.45) is 5.92 Å². The average Bonchev–Trinajstić information content (AvgIpc) is 3.09. The molecule has 0 bridgehead atoms. The second-order valence-electron chi connectivity index (χ2n) is 5.78. The van der Waals surface area contributed by atoms with Gasteiger partial charge in [-0.15, -0.1) is 0 Å². The zero-order chi connectivity index (χ0) is 13.3. The lowest BCUT2D eigenvalue weighted by Gasteiger charge is -2.38. The van der Waals surface area contributed by atoms with Gasteiger partial charge in [-0.1, -0.05) is 13.3 Å². The van der Waals surface area contributed by atoms with Crippen molar-refractivity contribution in [1.82, 2.24) is 4.90 Å². The highest BCUT2D eigenvalue weighted by Gasteiger charge is 2.42. The van der Waals surface area contributed by atoms with Crippen LogP contribution in [0.25, 0.3) is 0 Å². The predicted octanol–water partition coefficient (Wildman–Crippen LogP) is 2.70. The Morgan fingerprint density at radius 1 is 1.47 bits per heavy atom. The molecule has 0 radical (unpaired) electrons. The van der Waals surface area contributed by atoms with Gasteiger partial charge >= 0.3 is 0 Å². The van der Waals surface area contributed by atoms with Crippen molar-refractivity contribution < 1.29 is 13.9 Å². The Labute approximate surface area is 113 Å². The molecule has 1 amide bonds. The van der Waals surface area contributed by atoms with Crippen LogP contribution in [0.15, 0.2) is 23.0 Å². The SMILES string of the molecule is CC[C@@H]1COC2(CCN(C(=O)c3ccoc3)CC2)C1. The molecule has 2 saturated heterocycles. The summed E-state index contributed by atoms with van der Waals surface area (Å²) < 4.78 is 11.0. The van der Waals surface area contributed by atoms with E-state index in [9.17, 15) is 4.79 Å². The number of amides is 1. The first-order valence-electron chi connectivity index (χ1n) is 7.18. The lowest BCUT2D eigenvalue weighted by Crippen LogP contribution is -2.46. The number of hydrogen-bond acceptors (Lipinski definition) is 3. The molecule has 1 aromatic rings. The number of hydrogen-bond donors (Lipinski definition) is 0. The molecule has 0 unspecified atom stereocenters. The number of ether oxygens (including phenoxy) is 1. The lowest BCUT2D eigenvalue weighted by molar-refractivity contribution is -0.0391. The zero-order valence-electron chi connectivity index (χ0n) is 11.4. The molecular weight excluding hydrogens is 242 g/mol. The second-order valence-corrected chi connectivity index (χ2v) is 5.78. The van der Waals surface area contributed by atoms with Gasteiger partial charge in [0.05, 0.1) is 24.0 Å². The first-order valence-corrected chi connectivity index (χ1v) is 7.18. The molecule has 2 fully saturated rings. The van der Waals surface area contributed by atoms with Gasteiger partial charge in [-0.05, 0) is 31.2 Å². The van der Waals surface area contributed by atoms with Crippen LogP contribution >= 0.6 is 0 Å². The van der Waals surface area contributed by atoms with E-state index >= 15 is 0 Å². The molecule has 1 atom stereocenters. The molecule has 2 aliphatic rings. The highest BCUT2D eigenvalue weighted by molar-refractivity contribution is 5.93. The fraction of sp³-hybridized carbons (Fsp3) is 0.667. The molecule has 104 valence electrons. The summed E-state index contributed by atoms with van der Waals surface area (Å²) in [6.07, 6.45) is 7.35. The van der Waals surface area contributed by atoms with Crippen LogP contribution in [0.4, 0.5) is 0 Å². The summed E-state index contributed by atoms with van der Waals surface area (Å²) in [6, 6.07) is 1.73. The molecule has 0 aromatic carbocycles. The first kappa shape index (κ1) is 12.7. The van der Waals surface area contributed by atoms with Crippen molar-refractivity contribution in [3.8, 4) is 0 Å². The summed E-state index contributed by atoms with van der Waals surface area (Å²) >= 11 is 0. The van der Waals surface area contributed by atoms with E-state index in [1.165, 1.54) is 12.7 Å². The average molecular weight is 263 g/mol. The highest BCUT2D eigenvalue weighted by atomic mass is 16.5. The zero-order valence-corrected chi connectivity index (χ0v) is 11.4. The van der Waals surface area contributed by atoms with Gasteiger partial charge in [0.2, 0.25) is 0 Å². The minimum absolute atomic E-state index is 0.0495. The molecule has 4 nitrogen and oxygen atoms in total. The van der Waals surface area contributed by atoms with Crippen LogP contribution in [-0.4, -0.2) is 36.1 Å². The van der Waals surface area contributed by atoms with E-state index < -0.39 is 0 Å². The Balaban J connectivity index is 1.59. The Morgan fingerprint density at radius 2 is 2.26 bits per heavy atom. The van der Waals surface area contributed by atoms with Gasteiger partial charge in [0.25, 0.3) is 5.91 Å². The monoisotopic (exact) mass is 263 g/mol. The fourth-order valence-electron chi connectivity index (χ4n) is 3.24. The third-order valence-electron chi connectivity index (χ3n) is 4.59. The van der Waals surface area contributed by atoms with Crippen LogP contribution in [0.3, 0.4) is 0 Å². The van der Waals surface area contributed by atoms with E-state index in [0.29, 0.717) is 11.5 Å². The number of rotatable bonds is 2. The van der Waals surface area contributed by atoms with Crippen molar-refractivity contribution in [3.05, 3.63) is 24.2 Å². The van der Waals surface area contributed by atoms with Crippen molar-refractivity contribution >= 4 is 5.91 Å². The molecule has 0 N–H and O–H groups in total. The fourth-order valence-corrected chi connectivity index (χ4v) is 3.24. The highest BCUT2D eigenvalue weighted by Crippen LogP contribution is 2.39. The predicted molar refractivity (Wildman–Crippen MR) is 70.9 cm³/mol. The molecule has 4 heteroatoms. The third-order valence-corrected chi connectivity index (χ3v) is 4.59. The van der Waals surface area contributed by atoms with Crippen molar-refractivity contribution in [3.63, 3.8) is 0 Å². The Bertz CT molecular complexity index is 432. The van der Waals surface area contributed by atoms with E-state index in [2.05, 4.69) is 6.92 Å². The number of carbonyl (C=O) groups excluding carboxylic acids is 1. The van der Waals surface area contributed by atoms with Gasteiger partial charge in [0, 0.05) is 13.1 Å². The Kier molecular flexibility index (Phi) is 3.35. The third kappa shape index (κ3) is 2.41. The van der Waals surface area contributed by atoms with Gasteiger partial charge in [0.15, 0.2) is 0 Å². The molecular formula is C15H21NO3. The van der Waals surface area contributed by atoms with Crippen molar-refractivity contribution in [2.75, 3.05) is 19.7 Å². The van der Waals surface area contributed by atoms with Crippen LogP contribution in [0, 0.1) is 5.92 Å². The minimum atomic E-state index is 0.0495.